The maximum atomic E-state index is 15.5. The number of nitrogens with zero attached hydrogens (tertiary/aromatic N) is 2. The minimum Gasteiger partial charge on any atom is -0.475 e. The standard InChI is InChI=1S/C61H94N16O19.2C2HF3O2/c1-10-31(8)42-56(89)74-43(32(9)79)55(88)67-26-41(80)72-45(48(82)50(63)83)58(91)71-40(27-78)60(93)96-49(34-15-12-11-13-16-34)46(76-54(87)39(69-51(84)36(62)23-28(2)3)25-33-18-20-35(21-19-33)77(94)95)59(92)75-44(47(81)30(6)7)57(90)70-38(24-29(4)5)53(86)68-37(52(85)73-42)17-14-22-66-61(64)65;2*3-2(4,5)1(6)7/h11-13,15-16,18-21,28-32,36-40,42-49,78-79,81-82H,10,14,17,22-27,62H2,1-9H3,(H2,63,83)(H,67,88)(H,68,86)(H,69,84)(H,70,90)(H,71,91)(H,72,80)(H,73,85)(H,74,89)(H,75,92)(H,76,87)(H4,64,65,66);2*(H,6,7)/t31-,32-,36+,37+,38-,39-,40-,42-,43-,44-,45-,46-,47+,48-,49+;;/m0../s1. The molecule has 45 heteroatoms. The molecule has 110 heavy (non-hydrogen) atoms. The number of nitrogens with two attached hydrogens (primary N) is 4. The molecular formula is C65H96F6N16O23. The summed E-state index contributed by atoms with van der Waals surface area (Å²) in [6.45, 7) is 11.5. The van der Waals surface area contributed by atoms with Gasteiger partial charge in [-0.1, -0.05) is 104 Å². The van der Waals surface area contributed by atoms with Crippen LogP contribution in [0.4, 0.5) is 32.0 Å². The van der Waals surface area contributed by atoms with E-state index in [0.717, 1.165) is 19.1 Å². The Morgan fingerprint density at radius 2 is 1.15 bits per heavy atom. The first-order valence-corrected chi connectivity index (χ1v) is 33.7. The number of guanidine groups is 1. The van der Waals surface area contributed by atoms with Gasteiger partial charge in [0, 0.05) is 25.1 Å². The van der Waals surface area contributed by atoms with Crippen LogP contribution in [0.25, 0.3) is 0 Å². The van der Waals surface area contributed by atoms with Crippen LogP contribution in [0.15, 0.2) is 59.6 Å². The van der Waals surface area contributed by atoms with Crippen molar-refractivity contribution in [3.05, 3.63) is 75.8 Å². The van der Waals surface area contributed by atoms with Crippen LogP contribution in [0.5, 0.6) is 0 Å². The summed E-state index contributed by atoms with van der Waals surface area (Å²) in [4.78, 5) is 204. The zero-order valence-corrected chi connectivity index (χ0v) is 61.0. The number of hydrogen-bond acceptors (Lipinski definition) is 23. The second-order valence-corrected chi connectivity index (χ2v) is 26.2. The quantitative estimate of drug-likeness (QED) is 0.00904. The summed E-state index contributed by atoms with van der Waals surface area (Å²) in [7, 11) is 0. The smallest absolute Gasteiger partial charge is 0.475 e. The van der Waals surface area contributed by atoms with Crippen molar-refractivity contribution in [2.24, 2.45) is 51.6 Å². The number of aliphatic hydroxyl groups excluding tert-OH is 4. The highest BCUT2D eigenvalue weighted by atomic mass is 19.4. The largest absolute Gasteiger partial charge is 0.490 e. The normalized spacial score (nSPS) is 22.2. The number of cyclic esters (lactones) is 1. The van der Waals surface area contributed by atoms with E-state index in [1.54, 1.807) is 41.5 Å². The number of amides is 11. The van der Waals surface area contributed by atoms with E-state index in [2.05, 4.69) is 47.5 Å². The Balaban J connectivity index is 0.00000391. The van der Waals surface area contributed by atoms with E-state index in [9.17, 15) is 105 Å². The number of aliphatic imine (C=N–C) groups is 1. The van der Waals surface area contributed by atoms with Crippen molar-refractivity contribution in [2.75, 3.05) is 19.7 Å². The maximum absolute atomic E-state index is 15.5. The first kappa shape index (κ1) is 97.1. The molecule has 3 rings (SSSR count). The minimum atomic E-state index is -5.08. The number of hydrogen-bond donors (Lipinski definition) is 20. The SMILES string of the molecule is CC[C@H](C)[C@@H]1NC(=O)[C@@H](CCCN=C(N)N)NC(=O)[C@H](CC(C)C)NC(=O)[C@H]([C@H](O)C(C)C)NC(=O)[C@@H](NC(=O)[C@H](Cc2ccc([N+](=O)[O-])cc2)NC(=O)[C@H](N)CC(C)C)[C@@H](c2ccccc2)OC(=O)[C@H](CO)NC(=O)[C@H]([C@H](O)C(N)=O)NC(=O)CNC(=O)[C@H]([C@H](C)O)NC1=O.O=C(O)C(F)(F)F.O=C(O)C(F)(F)F. The van der Waals surface area contributed by atoms with Gasteiger partial charge in [0.25, 0.3) is 5.69 Å². The number of rotatable bonds is 24. The predicted molar refractivity (Wildman–Crippen MR) is 371 cm³/mol. The van der Waals surface area contributed by atoms with Gasteiger partial charge in [0.15, 0.2) is 24.2 Å². The summed E-state index contributed by atoms with van der Waals surface area (Å²) >= 11 is 0. The molecule has 1 aliphatic rings. The van der Waals surface area contributed by atoms with Crippen LogP contribution in [0, 0.1) is 33.8 Å². The number of nitro groups is 1. The average Bonchev–Trinajstić information content (AvgIpc) is 0.802. The van der Waals surface area contributed by atoms with E-state index in [1.807, 2.05) is 10.6 Å². The van der Waals surface area contributed by atoms with Crippen molar-refractivity contribution in [3.63, 3.8) is 0 Å². The summed E-state index contributed by atoms with van der Waals surface area (Å²) in [6, 6.07) is -7.07. The molecule has 0 unspecified atom stereocenters. The fraction of sp³-hybridized carbons (Fsp3) is 0.585. The lowest BCUT2D eigenvalue weighted by atomic mass is 9.95. The van der Waals surface area contributed by atoms with Gasteiger partial charge in [0.05, 0.1) is 36.3 Å². The number of primary amides is 1. The fourth-order valence-electron chi connectivity index (χ4n) is 9.75. The Labute approximate surface area is 624 Å². The Bertz CT molecular complexity index is 3490. The number of carbonyl (C=O) groups is 14. The first-order chi connectivity index (χ1) is 50.9. The number of alkyl halides is 6. The third-order valence-electron chi connectivity index (χ3n) is 15.8. The number of halogens is 6. The summed E-state index contributed by atoms with van der Waals surface area (Å²) in [5.41, 5.74) is 22.4. The average molecular weight is 1580 g/mol. The van der Waals surface area contributed by atoms with Crippen molar-refractivity contribution in [1.82, 2.24) is 53.2 Å². The molecule has 0 saturated carbocycles. The van der Waals surface area contributed by atoms with Gasteiger partial charge in [-0.3, -0.25) is 67.8 Å². The molecule has 0 bridgehead atoms. The number of esters is 1. The van der Waals surface area contributed by atoms with Gasteiger partial charge in [0.2, 0.25) is 65.0 Å². The Kier molecular flexibility index (Phi) is 40.4. The Morgan fingerprint density at radius 3 is 1.63 bits per heavy atom. The highest BCUT2D eigenvalue weighted by Gasteiger charge is 2.45. The van der Waals surface area contributed by atoms with Gasteiger partial charge >= 0.3 is 30.3 Å². The molecule has 0 spiro atoms. The van der Waals surface area contributed by atoms with Gasteiger partial charge in [-0.25, -0.2) is 14.4 Å². The molecule has 1 aliphatic heterocycles. The molecule has 39 nitrogen and oxygen atoms in total. The molecule has 1 fully saturated rings. The number of ether oxygens (including phenoxy) is 1. The predicted octanol–water partition coefficient (Wildman–Crippen LogP) is -4.06. The van der Waals surface area contributed by atoms with E-state index in [4.69, 9.17) is 47.5 Å². The van der Waals surface area contributed by atoms with Crippen LogP contribution in [0.1, 0.15) is 112 Å². The molecule has 616 valence electrons. The second-order valence-electron chi connectivity index (χ2n) is 26.2. The number of carbonyl (C=O) groups excluding carboxylic acids is 12. The first-order valence-electron chi connectivity index (χ1n) is 33.7. The zero-order valence-electron chi connectivity index (χ0n) is 61.0. The number of nitrogens with one attached hydrogen (secondary N) is 10. The van der Waals surface area contributed by atoms with E-state index >= 15 is 9.59 Å². The molecule has 2 aromatic carbocycles. The number of aliphatic carboxylic acids is 2. The minimum absolute atomic E-state index is 0.0184. The number of non-ortho nitro benzene ring substituents is 1. The zero-order chi connectivity index (χ0) is 84.6. The topological polar surface area (TPSA) is 649 Å². The van der Waals surface area contributed by atoms with E-state index in [-0.39, 0.29) is 67.3 Å². The van der Waals surface area contributed by atoms with E-state index in [0.29, 0.717) is 0 Å². The Morgan fingerprint density at radius 1 is 0.655 bits per heavy atom. The number of nitro benzene ring substituents is 1. The molecule has 11 amide bonds. The highest BCUT2D eigenvalue weighted by Crippen LogP contribution is 2.25. The van der Waals surface area contributed by atoms with Crippen LogP contribution in [-0.2, 0) is 78.3 Å². The van der Waals surface area contributed by atoms with Crippen molar-refractivity contribution in [3.8, 4) is 0 Å². The molecule has 0 aliphatic carbocycles. The number of benzene rings is 2. The molecular weight excluding hydrogens is 1490 g/mol. The molecule has 1 heterocycles. The van der Waals surface area contributed by atoms with Crippen molar-refractivity contribution >= 4 is 94.5 Å². The van der Waals surface area contributed by atoms with Crippen molar-refractivity contribution in [1.29, 1.82) is 0 Å². The van der Waals surface area contributed by atoms with Crippen LogP contribution >= 0.6 is 0 Å². The third kappa shape index (κ3) is 33.7. The molecule has 0 radical (unpaired) electrons. The lowest BCUT2D eigenvalue weighted by molar-refractivity contribution is -0.384. The molecule has 15 atom stereocenters. The highest BCUT2D eigenvalue weighted by molar-refractivity contribution is 6.00. The van der Waals surface area contributed by atoms with Gasteiger partial charge in [-0.05, 0) is 67.4 Å². The number of carboxylic acids is 2. The van der Waals surface area contributed by atoms with Crippen molar-refractivity contribution < 1.29 is 134 Å². The lowest BCUT2D eigenvalue weighted by Gasteiger charge is -2.33. The van der Waals surface area contributed by atoms with Gasteiger partial charge in [-0.2, -0.15) is 26.3 Å². The summed E-state index contributed by atoms with van der Waals surface area (Å²) < 4.78 is 69.4. The monoisotopic (exact) mass is 1580 g/mol. The molecule has 0 aromatic heterocycles. The molecule has 24 N–H and O–H groups in total. The van der Waals surface area contributed by atoms with Crippen LogP contribution in [-0.4, -0.2) is 235 Å². The third-order valence-corrected chi connectivity index (χ3v) is 15.8. The molecule has 1 saturated heterocycles. The maximum Gasteiger partial charge on any atom is 0.490 e. The van der Waals surface area contributed by atoms with Gasteiger partial charge < -0.3 is 111 Å². The summed E-state index contributed by atoms with van der Waals surface area (Å²) in [6.07, 6.45) is -19.1. The van der Waals surface area contributed by atoms with Crippen LogP contribution in [0.2, 0.25) is 0 Å². The van der Waals surface area contributed by atoms with E-state index < -0.39 is 222 Å². The van der Waals surface area contributed by atoms with Crippen LogP contribution < -0.4 is 76.1 Å². The van der Waals surface area contributed by atoms with Gasteiger partial charge in [-0.15, -0.1) is 0 Å². The van der Waals surface area contributed by atoms with Crippen LogP contribution in [0.3, 0.4) is 0 Å². The fourth-order valence-corrected chi connectivity index (χ4v) is 9.75. The van der Waals surface area contributed by atoms with E-state index in [1.165, 1.54) is 56.3 Å². The number of carboxylic acid groups (broad SMARTS) is 2. The molecule has 2 aromatic rings. The second kappa shape index (κ2) is 45.8. The van der Waals surface area contributed by atoms with Crippen molar-refractivity contribution in [2.45, 2.75) is 198 Å². The lowest BCUT2D eigenvalue weighted by Crippen LogP contribution is -2.64. The Hall–Kier alpha value is -10.9. The summed E-state index contributed by atoms with van der Waals surface area (Å²) in [5, 5.41) is 93.8. The summed E-state index contributed by atoms with van der Waals surface area (Å²) in [5.74, 6) is -23.4. The van der Waals surface area contributed by atoms with Gasteiger partial charge in [0.1, 0.15) is 48.3 Å². The number of aliphatic hydroxyl groups is 4.